The van der Waals surface area contributed by atoms with Gasteiger partial charge < -0.3 is 5.11 Å². The minimum absolute atomic E-state index is 0.549. The number of aliphatic carboxylic acids is 1. The van der Waals surface area contributed by atoms with Gasteiger partial charge in [-0.05, 0) is 37.6 Å². The Hall–Kier alpha value is -1.62. The van der Waals surface area contributed by atoms with E-state index < -0.39 is 11.9 Å². The van der Waals surface area contributed by atoms with E-state index in [1.165, 1.54) is 0 Å². The Morgan fingerprint density at radius 3 is 2.78 bits per heavy atom. The molecule has 5 heteroatoms. The number of carboxylic acids is 1. The molecule has 0 aliphatic heterocycles. The Morgan fingerprint density at radius 2 is 2.17 bits per heavy atom. The number of rotatable bonds is 3. The predicted octanol–water partition coefficient (Wildman–Crippen LogP) is 3.13. The van der Waals surface area contributed by atoms with E-state index in [1.54, 1.807) is 24.0 Å². The molecule has 0 radical (unpaired) electrons. The second kappa shape index (κ2) is 4.94. The van der Waals surface area contributed by atoms with Crippen molar-refractivity contribution in [3.63, 3.8) is 0 Å². The van der Waals surface area contributed by atoms with E-state index >= 15 is 0 Å². The molecule has 1 unspecified atom stereocenters. The van der Waals surface area contributed by atoms with Gasteiger partial charge >= 0.3 is 5.97 Å². The zero-order valence-electron chi connectivity index (χ0n) is 10.1. The minimum Gasteiger partial charge on any atom is -0.481 e. The van der Waals surface area contributed by atoms with Gasteiger partial charge in [-0.15, -0.1) is 0 Å². The first-order chi connectivity index (χ1) is 8.47. The van der Waals surface area contributed by atoms with Crippen molar-refractivity contribution in [2.75, 3.05) is 0 Å². The summed E-state index contributed by atoms with van der Waals surface area (Å²) >= 11 is 3.43. The number of aryl methyl sites for hydroxylation is 1. The molecule has 0 bridgehead atoms. The van der Waals surface area contributed by atoms with Crippen molar-refractivity contribution in [2.45, 2.75) is 19.8 Å². The molecule has 1 heterocycles. The molecule has 1 N–H and O–H groups in total. The second-order valence-electron chi connectivity index (χ2n) is 4.26. The number of carbonyl (C=O) groups is 1. The molecule has 0 aliphatic rings. The van der Waals surface area contributed by atoms with Crippen molar-refractivity contribution >= 4 is 21.9 Å². The van der Waals surface area contributed by atoms with Crippen LogP contribution in [0.3, 0.4) is 0 Å². The SMILES string of the molecule is Cc1cc(Br)cc(-n2cc(C(C)C(=O)O)cn2)c1. The van der Waals surface area contributed by atoms with Crippen molar-refractivity contribution in [3.05, 3.63) is 46.2 Å². The molecule has 0 aliphatic carbocycles. The number of halogens is 1. The Morgan fingerprint density at radius 1 is 1.44 bits per heavy atom. The summed E-state index contributed by atoms with van der Waals surface area (Å²) in [7, 11) is 0. The van der Waals surface area contributed by atoms with Crippen LogP contribution in [0.1, 0.15) is 24.0 Å². The zero-order valence-corrected chi connectivity index (χ0v) is 11.7. The van der Waals surface area contributed by atoms with E-state index in [1.807, 2.05) is 25.1 Å². The van der Waals surface area contributed by atoms with Gasteiger partial charge in [-0.2, -0.15) is 5.10 Å². The molecule has 18 heavy (non-hydrogen) atoms. The van der Waals surface area contributed by atoms with Gasteiger partial charge in [0.25, 0.3) is 0 Å². The molecule has 4 nitrogen and oxygen atoms in total. The van der Waals surface area contributed by atoms with Crippen LogP contribution >= 0.6 is 15.9 Å². The first kappa shape index (κ1) is 12.8. The largest absolute Gasteiger partial charge is 0.481 e. The molecule has 1 atom stereocenters. The lowest BCUT2D eigenvalue weighted by molar-refractivity contribution is -0.138. The van der Waals surface area contributed by atoms with Crippen molar-refractivity contribution in [1.82, 2.24) is 9.78 Å². The van der Waals surface area contributed by atoms with Crippen LogP contribution < -0.4 is 0 Å². The molecule has 2 rings (SSSR count). The van der Waals surface area contributed by atoms with Crippen LogP contribution in [0, 0.1) is 6.92 Å². The molecular weight excluding hydrogens is 296 g/mol. The fourth-order valence-corrected chi connectivity index (χ4v) is 2.29. The Kier molecular flexibility index (Phi) is 3.52. The Labute approximate surface area is 113 Å². The highest BCUT2D eigenvalue weighted by atomic mass is 79.9. The minimum atomic E-state index is -0.847. The lowest BCUT2D eigenvalue weighted by atomic mass is 10.1. The molecule has 0 fully saturated rings. The molecule has 1 aromatic heterocycles. The van der Waals surface area contributed by atoms with Gasteiger partial charge in [0, 0.05) is 16.2 Å². The predicted molar refractivity (Wildman–Crippen MR) is 72.1 cm³/mol. The van der Waals surface area contributed by atoms with Crippen molar-refractivity contribution in [2.24, 2.45) is 0 Å². The summed E-state index contributed by atoms with van der Waals surface area (Å²) in [6.45, 7) is 3.65. The number of benzene rings is 1. The molecular formula is C13H13BrN2O2. The maximum atomic E-state index is 10.9. The summed E-state index contributed by atoms with van der Waals surface area (Å²) in [5.41, 5.74) is 2.72. The van der Waals surface area contributed by atoms with Gasteiger partial charge in [-0.3, -0.25) is 4.79 Å². The summed E-state index contributed by atoms with van der Waals surface area (Å²) in [6, 6.07) is 5.94. The summed E-state index contributed by atoms with van der Waals surface area (Å²) in [5.74, 6) is -1.40. The Bertz CT molecular complexity index is 572. The monoisotopic (exact) mass is 308 g/mol. The smallest absolute Gasteiger partial charge is 0.310 e. The van der Waals surface area contributed by atoms with Gasteiger partial charge in [0.05, 0.1) is 17.8 Å². The maximum Gasteiger partial charge on any atom is 0.310 e. The lowest BCUT2D eigenvalue weighted by Crippen LogP contribution is -2.06. The van der Waals surface area contributed by atoms with Gasteiger partial charge in [-0.1, -0.05) is 15.9 Å². The molecule has 1 aromatic carbocycles. The van der Waals surface area contributed by atoms with Crippen LogP contribution in [0.2, 0.25) is 0 Å². The highest BCUT2D eigenvalue weighted by Gasteiger charge is 2.15. The number of carboxylic acid groups (broad SMARTS) is 1. The topological polar surface area (TPSA) is 55.1 Å². The average molecular weight is 309 g/mol. The van der Waals surface area contributed by atoms with Crippen LogP contribution in [0.5, 0.6) is 0 Å². The normalized spacial score (nSPS) is 12.4. The van der Waals surface area contributed by atoms with Gasteiger partial charge in [0.1, 0.15) is 0 Å². The van der Waals surface area contributed by atoms with Crippen molar-refractivity contribution in [1.29, 1.82) is 0 Å². The quantitative estimate of drug-likeness (QED) is 0.947. The standard InChI is InChI=1S/C13H13BrN2O2/c1-8-3-11(14)5-12(4-8)16-7-10(6-15-16)9(2)13(17)18/h3-7,9H,1-2H3,(H,17,18). The third kappa shape index (κ3) is 2.61. The van der Waals surface area contributed by atoms with Crippen molar-refractivity contribution < 1.29 is 9.90 Å². The van der Waals surface area contributed by atoms with Crippen LogP contribution in [0.4, 0.5) is 0 Å². The molecule has 0 saturated heterocycles. The highest BCUT2D eigenvalue weighted by molar-refractivity contribution is 9.10. The Balaban J connectivity index is 2.37. The fourth-order valence-electron chi connectivity index (χ4n) is 1.69. The van der Waals surface area contributed by atoms with E-state index in [0.717, 1.165) is 15.7 Å². The van der Waals surface area contributed by atoms with Crippen LogP contribution in [0.15, 0.2) is 35.1 Å². The summed E-state index contributed by atoms with van der Waals surface area (Å²) in [6.07, 6.45) is 3.34. The van der Waals surface area contributed by atoms with Gasteiger partial charge in [0.15, 0.2) is 0 Å². The fraction of sp³-hybridized carbons (Fsp3) is 0.231. The van der Waals surface area contributed by atoms with E-state index in [4.69, 9.17) is 5.11 Å². The number of nitrogens with zero attached hydrogens (tertiary/aromatic N) is 2. The summed E-state index contributed by atoms with van der Waals surface area (Å²) < 4.78 is 2.66. The first-order valence-electron chi connectivity index (χ1n) is 5.52. The van der Waals surface area contributed by atoms with E-state index in [2.05, 4.69) is 21.0 Å². The number of hydrogen-bond donors (Lipinski definition) is 1. The van der Waals surface area contributed by atoms with Crippen LogP contribution in [-0.2, 0) is 4.79 Å². The zero-order chi connectivity index (χ0) is 13.3. The third-order valence-corrected chi connectivity index (χ3v) is 3.22. The molecule has 0 spiro atoms. The third-order valence-electron chi connectivity index (χ3n) is 2.76. The first-order valence-corrected chi connectivity index (χ1v) is 6.31. The van der Waals surface area contributed by atoms with Crippen LogP contribution in [0.25, 0.3) is 5.69 Å². The number of aromatic nitrogens is 2. The van der Waals surface area contributed by atoms with E-state index in [-0.39, 0.29) is 0 Å². The average Bonchev–Trinajstić information content (AvgIpc) is 2.75. The van der Waals surface area contributed by atoms with Crippen LogP contribution in [-0.4, -0.2) is 20.9 Å². The summed E-state index contributed by atoms with van der Waals surface area (Å²) in [5, 5.41) is 13.2. The second-order valence-corrected chi connectivity index (χ2v) is 5.18. The van der Waals surface area contributed by atoms with Gasteiger partial charge in [-0.25, -0.2) is 4.68 Å². The molecule has 0 saturated carbocycles. The molecule has 0 amide bonds. The number of hydrogen-bond acceptors (Lipinski definition) is 2. The van der Waals surface area contributed by atoms with Gasteiger partial charge in [0.2, 0.25) is 0 Å². The summed E-state index contributed by atoms with van der Waals surface area (Å²) in [4.78, 5) is 10.9. The van der Waals surface area contributed by atoms with E-state index in [0.29, 0.717) is 5.56 Å². The van der Waals surface area contributed by atoms with E-state index in [9.17, 15) is 4.79 Å². The molecule has 2 aromatic rings. The maximum absolute atomic E-state index is 10.9. The van der Waals surface area contributed by atoms with Crippen molar-refractivity contribution in [3.8, 4) is 5.69 Å². The lowest BCUT2D eigenvalue weighted by Gasteiger charge is -2.04. The molecule has 94 valence electrons. The highest BCUT2D eigenvalue weighted by Crippen LogP contribution is 2.20.